The smallest absolute Gasteiger partial charge is 0.312 e. The maximum absolute atomic E-state index is 12.1. The average molecular weight is 356 g/mol. The van der Waals surface area contributed by atoms with E-state index in [2.05, 4.69) is 6.92 Å². The van der Waals surface area contributed by atoms with Gasteiger partial charge in [0.25, 0.3) is 0 Å². The highest BCUT2D eigenvalue weighted by Crippen LogP contribution is 2.45. The van der Waals surface area contributed by atoms with Crippen LogP contribution in [-0.4, -0.2) is 24.8 Å². The van der Waals surface area contributed by atoms with E-state index in [-0.39, 0.29) is 24.1 Å². The van der Waals surface area contributed by atoms with Gasteiger partial charge in [0.2, 0.25) is 0 Å². The summed E-state index contributed by atoms with van der Waals surface area (Å²) in [5.41, 5.74) is 1.75. The van der Waals surface area contributed by atoms with E-state index in [1.165, 1.54) is 6.07 Å². The minimum atomic E-state index is -0.326. The molecule has 2 aromatic carbocycles. The number of phenols is 1. The van der Waals surface area contributed by atoms with Gasteiger partial charge >= 0.3 is 5.97 Å². The summed E-state index contributed by atoms with van der Waals surface area (Å²) in [6, 6.07) is 10.6. The number of hydrogen-bond donors (Lipinski definition) is 1. The second-order valence-electron chi connectivity index (χ2n) is 6.39. The van der Waals surface area contributed by atoms with Gasteiger partial charge in [-0.2, -0.15) is 0 Å². The van der Waals surface area contributed by atoms with E-state index in [1.54, 1.807) is 19.2 Å². The quantitative estimate of drug-likeness (QED) is 0.452. The summed E-state index contributed by atoms with van der Waals surface area (Å²) in [6.07, 6.45) is 3.40. The van der Waals surface area contributed by atoms with Crippen LogP contribution in [0.15, 0.2) is 36.4 Å². The fourth-order valence-electron chi connectivity index (χ4n) is 3.27. The molecule has 0 amide bonds. The lowest BCUT2D eigenvalue weighted by Gasteiger charge is -2.27. The van der Waals surface area contributed by atoms with Crippen molar-refractivity contribution in [1.29, 1.82) is 0 Å². The minimum absolute atomic E-state index is 0.0684. The van der Waals surface area contributed by atoms with Crippen molar-refractivity contribution in [2.45, 2.75) is 38.5 Å². The van der Waals surface area contributed by atoms with Crippen LogP contribution < -0.4 is 14.2 Å². The molecule has 5 heteroatoms. The molecule has 0 aromatic heterocycles. The number of fused-ring (bicyclic) bond motifs is 1. The molecule has 0 saturated carbocycles. The maximum atomic E-state index is 12.1. The van der Waals surface area contributed by atoms with Crippen LogP contribution in [0.1, 0.15) is 49.7 Å². The Morgan fingerprint density at radius 3 is 2.81 bits per heavy atom. The van der Waals surface area contributed by atoms with Crippen LogP contribution in [0.2, 0.25) is 0 Å². The van der Waals surface area contributed by atoms with Gasteiger partial charge in [0.15, 0.2) is 11.5 Å². The summed E-state index contributed by atoms with van der Waals surface area (Å²) in [7, 11) is 1.61. The van der Waals surface area contributed by atoms with Crippen molar-refractivity contribution in [1.82, 2.24) is 0 Å². The van der Waals surface area contributed by atoms with Crippen molar-refractivity contribution in [3.05, 3.63) is 47.5 Å². The highest BCUT2D eigenvalue weighted by Gasteiger charge is 2.31. The molecule has 3 rings (SSSR count). The number of para-hydroxylation sites is 1. The number of unbranched alkanes of at least 4 members (excludes halogenated alkanes) is 2. The molecule has 0 spiro atoms. The number of rotatable bonds is 7. The normalized spacial score (nSPS) is 15.9. The van der Waals surface area contributed by atoms with Crippen LogP contribution in [0.25, 0.3) is 0 Å². The Hall–Kier alpha value is -2.69. The molecule has 1 heterocycles. The van der Waals surface area contributed by atoms with Crippen molar-refractivity contribution in [3.8, 4) is 23.0 Å². The molecule has 1 unspecified atom stereocenters. The third kappa shape index (κ3) is 3.77. The molecule has 0 saturated heterocycles. The second kappa shape index (κ2) is 8.13. The number of phenolic OH excluding ortho intramolecular Hbond substituents is 1. The second-order valence-corrected chi connectivity index (χ2v) is 6.39. The Morgan fingerprint density at radius 2 is 2.04 bits per heavy atom. The first kappa shape index (κ1) is 18.1. The summed E-state index contributed by atoms with van der Waals surface area (Å²) in [4.78, 5) is 12.1. The van der Waals surface area contributed by atoms with Gasteiger partial charge in [-0.15, -0.1) is 0 Å². The fourth-order valence-corrected chi connectivity index (χ4v) is 3.27. The standard InChI is InChI=1S/C21H24O5/c1-3-4-5-11-25-21-16(7-6-8-18(21)24-2)17-13-20(23)26-19-12-14(22)9-10-15(17)19/h6-10,12,17,22H,3-5,11,13H2,1-2H3. The SMILES string of the molecule is CCCCCOc1c(OC)cccc1C1CC(=O)Oc2cc(O)ccc21. The molecular formula is C21H24O5. The molecule has 0 aliphatic carbocycles. The Kier molecular flexibility index (Phi) is 5.66. The zero-order valence-electron chi connectivity index (χ0n) is 15.2. The molecule has 2 aromatic rings. The van der Waals surface area contributed by atoms with Gasteiger partial charge in [0.1, 0.15) is 11.5 Å². The Bertz CT molecular complexity index is 784. The van der Waals surface area contributed by atoms with E-state index in [1.807, 2.05) is 18.2 Å². The molecule has 0 radical (unpaired) electrons. The largest absolute Gasteiger partial charge is 0.508 e. The van der Waals surface area contributed by atoms with E-state index in [9.17, 15) is 9.90 Å². The Labute approximate surface area is 153 Å². The van der Waals surface area contributed by atoms with Crippen LogP contribution in [0.3, 0.4) is 0 Å². The lowest BCUT2D eigenvalue weighted by molar-refractivity contribution is -0.135. The number of ether oxygens (including phenoxy) is 3. The van der Waals surface area contributed by atoms with Gasteiger partial charge in [0, 0.05) is 23.1 Å². The zero-order valence-corrected chi connectivity index (χ0v) is 15.2. The Balaban J connectivity index is 1.99. The van der Waals surface area contributed by atoms with Gasteiger partial charge in [-0.3, -0.25) is 4.79 Å². The van der Waals surface area contributed by atoms with Gasteiger partial charge in [0.05, 0.1) is 20.1 Å². The lowest BCUT2D eigenvalue weighted by atomic mass is 9.85. The average Bonchev–Trinajstić information content (AvgIpc) is 2.64. The van der Waals surface area contributed by atoms with E-state index >= 15 is 0 Å². The summed E-state index contributed by atoms with van der Waals surface area (Å²) in [5, 5.41) is 9.70. The summed E-state index contributed by atoms with van der Waals surface area (Å²) in [6.45, 7) is 2.75. The highest BCUT2D eigenvalue weighted by atomic mass is 16.5. The first-order valence-corrected chi connectivity index (χ1v) is 8.97. The van der Waals surface area contributed by atoms with Crippen molar-refractivity contribution in [2.75, 3.05) is 13.7 Å². The van der Waals surface area contributed by atoms with Gasteiger partial charge in [-0.25, -0.2) is 0 Å². The third-order valence-electron chi connectivity index (χ3n) is 4.57. The number of esters is 1. The van der Waals surface area contributed by atoms with Gasteiger partial charge in [-0.05, 0) is 18.6 Å². The van der Waals surface area contributed by atoms with Gasteiger partial charge < -0.3 is 19.3 Å². The number of hydrogen-bond acceptors (Lipinski definition) is 5. The summed E-state index contributed by atoms with van der Waals surface area (Å²) >= 11 is 0. The van der Waals surface area contributed by atoms with Gasteiger partial charge in [-0.1, -0.05) is 38.0 Å². The van der Waals surface area contributed by atoms with Crippen LogP contribution in [-0.2, 0) is 4.79 Å². The molecule has 26 heavy (non-hydrogen) atoms. The predicted molar refractivity (Wildman–Crippen MR) is 98.2 cm³/mol. The third-order valence-corrected chi connectivity index (χ3v) is 4.57. The summed E-state index contributed by atoms with van der Waals surface area (Å²) < 4.78 is 16.9. The zero-order chi connectivity index (χ0) is 18.5. The predicted octanol–water partition coefficient (Wildman–Crippen LogP) is 4.41. The number of aromatic hydroxyl groups is 1. The molecule has 138 valence electrons. The van der Waals surface area contributed by atoms with E-state index in [4.69, 9.17) is 14.2 Å². The van der Waals surface area contributed by atoms with E-state index in [0.29, 0.717) is 23.9 Å². The minimum Gasteiger partial charge on any atom is -0.508 e. The first-order valence-electron chi connectivity index (χ1n) is 8.97. The lowest BCUT2D eigenvalue weighted by Crippen LogP contribution is -2.21. The van der Waals surface area contributed by atoms with Crippen LogP contribution in [0.4, 0.5) is 0 Å². The molecule has 5 nitrogen and oxygen atoms in total. The van der Waals surface area contributed by atoms with E-state index < -0.39 is 0 Å². The first-order chi connectivity index (χ1) is 12.6. The number of carbonyl (C=O) groups is 1. The molecule has 0 bridgehead atoms. The number of benzene rings is 2. The molecular weight excluding hydrogens is 332 g/mol. The van der Waals surface area contributed by atoms with Crippen molar-refractivity contribution < 1.29 is 24.1 Å². The fraction of sp³-hybridized carbons (Fsp3) is 0.381. The van der Waals surface area contributed by atoms with Crippen molar-refractivity contribution in [2.24, 2.45) is 0 Å². The van der Waals surface area contributed by atoms with Crippen LogP contribution >= 0.6 is 0 Å². The van der Waals surface area contributed by atoms with Crippen LogP contribution in [0, 0.1) is 0 Å². The van der Waals surface area contributed by atoms with Crippen LogP contribution in [0.5, 0.6) is 23.0 Å². The molecule has 0 fully saturated rings. The monoisotopic (exact) mass is 356 g/mol. The molecule has 1 N–H and O–H groups in total. The molecule has 1 aliphatic heterocycles. The highest BCUT2D eigenvalue weighted by molar-refractivity contribution is 5.78. The number of methoxy groups -OCH3 is 1. The van der Waals surface area contributed by atoms with E-state index in [0.717, 1.165) is 30.4 Å². The maximum Gasteiger partial charge on any atom is 0.312 e. The summed E-state index contributed by atoms with van der Waals surface area (Å²) in [5.74, 6) is 1.25. The topological polar surface area (TPSA) is 65.0 Å². The van der Waals surface area contributed by atoms with Crippen molar-refractivity contribution in [3.63, 3.8) is 0 Å². The number of carbonyl (C=O) groups excluding carboxylic acids is 1. The molecule has 1 aliphatic rings. The molecule has 1 atom stereocenters. The Morgan fingerprint density at radius 1 is 1.19 bits per heavy atom. The van der Waals surface area contributed by atoms with Crippen molar-refractivity contribution >= 4 is 5.97 Å².